The van der Waals surface area contributed by atoms with E-state index in [1.165, 1.54) is 35.0 Å². The van der Waals surface area contributed by atoms with Crippen LogP contribution in [0.15, 0.2) is 30.0 Å². The predicted octanol–water partition coefficient (Wildman–Crippen LogP) is 3.49. The van der Waals surface area contributed by atoms with Crippen molar-refractivity contribution in [3.8, 4) is 6.07 Å². The molecule has 1 aromatic heterocycles. The Hall–Kier alpha value is -2.65. The van der Waals surface area contributed by atoms with Crippen molar-refractivity contribution in [2.24, 2.45) is 0 Å². The summed E-state index contributed by atoms with van der Waals surface area (Å²) >= 11 is 5.33. The number of hydrogen-bond acceptors (Lipinski definition) is 3. The molecule has 7 heteroatoms. The molecule has 1 aromatic carbocycles. The van der Waals surface area contributed by atoms with Crippen molar-refractivity contribution in [3.63, 3.8) is 0 Å². The molecule has 2 aromatic rings. The molecule has 23 heavy (non-hydrogen) atoms. The van der Waals surface area contributed by atoms with Crippen molar-refractivity contribution in [1.82, 2.24) is 4.57 Å². The van der Waals surface area contributed by atoms with Gasteiger partial charge in [-0.15, -0.1) is 0 Å². The van der Waals surface area contributed by atoms with Gasteiger partial charge in [0.15, 0.2) is 0 Å². The summed E-state index contributed by atoms with van der Waals surface area (Å²) in [5.41, 5.74) is 0.508. The van der Waals surface area contributed by atoms with E-state index in [1.807, 2.05) is 0 Å². The first kappa shape index (κ1) is 16.7. The Morgan fingerprint density at radius 2 is 2.22 bits per heavy atom. The van der Waals surface area contributed by atoms with Crippen molar-refractivity contribution < 1.29 is 19.1 Å². The summed E-state index contributed by atoms with van der Waals surface area (Å²) < 4.78 is 15.0. The monoisotopic (exact) mass is 334 g/mol. The SMILES string of the molecule is CCC(C(=O)O)n1cc(/C=C(\C#N)C(=O)Cl)c2ccc(F)cc21. The number of aliphatic carboxylic acids is 1. The van der Waals surface area contributed by atoms with Crippen LogP contribution in [0, 0.1) is 17.1 Å². The third kappa shape index (κ3) is 3.25. The minimum Gasteiger partial charge on any atom is -0.480 e. The van der Waals surface area contributed by atoms with Gasteiger partial charge in [0.25, 0.3) is 5.24 Å². The Morgan fingerprint density at radius 1 is 1.52 bits per heavy atom. The second-order valence-electron chi connectivity index (χ2n) is 4.86. The van der Waals surface area contributed by atoms with E-state index in [-0.39, 0.29) is 5.57 Å². The molecule has 0 aliphatic heterocycles. The maximum atomic E-state index is 13.5. The summed E-state index contributed by atoms with van der Waals surface area (Å²) in [6.45, 7) is 1.70. The highest BCUT2D eigenvalue weighted by Crippen LogP contribution is 2.29. The smallest absolute Gasteiger partial charge is 0.326 e. The lowest BCUT2D eigenvalue weighted by Gasteiger charge is -2.13. The van der Waals surface area contributed by atoms with Crippen molar-refractivity contribution >= 4 is 39.8 Å². The molecule has 1 heterocycles. The molecule has 1 atom stereocenters. The zero-order chi connectivity index (χ0) is 17.1. The lowest BCUT2D eigenvalue weighted by atomic mass is 10.1. The van der Waals surface area contributed by atoms with Gasteiger partial charge >= 0.3 is 5.97 Å². The van der Waals surface area contributed by atoms with Gasteiger partial charge in [-0.25, -0.2) is 9.18 Å². The molecule has 0 radical (unpaired) electrons. The molecule has 1 unspecified atom stereocenters. The van der Waals surface area contributed by atoms with Gasteiger partial charge in [0, 0.05) is 17.1 Å². The average molecular weight is 335 g/mol. The lowest BCUT2D eigenvalue weighted by Crippen LogP contribution is -2.17. The second-order valence-corrected chi connectivity index (χ2v) is 5.20. The van der Waals surface area contributed by atoms with E-state index in [0.29, 0.717) is 22.9 Å². The van der Waals surface area contributed by atoms with Crippen LogP contribution in [0.4, 0.5) is 4.39 Å². The van der Waals surface area contributed by atoms with E-state index < -0.39 is 23.1 Å². The number of hydrogen-bond donors (Lipinski definition) is 1. The summed E-state index contributed by atoms with van der Waals surface area (Å²) in [5.74, 6) is -1.57. The van der Waals surface area contributed by atoms with E-state index in [4.69, 9.17) is 16.9 Å². The Morgan fingerprint density at radius 3 is 2.74 bits per heavy atom. The third-order valence-electron chi connectivity index (χ3n) is 3.47. The normalized spacial score (nSPS) is 12.9. The molecule has 5 nitrogen and oxygen atoms in total. The maximum absolute atomic E-state index is 13.5. The Kier molecular flexibility index (Phi) is 4.82. The molecule has 0 aliphatic rings. The van der Waals surface area contributed by atoms with Crippen molar-refractivity contribution in [2.75, 3.05) is 0 Å². The van der Waals surface area contributed by atoms with Gasteiger partial charge in [-0.05, 0) is 42.3 Å². The van der Waals surface area contributed by atoms with Gasteiger partial charge in [0.2, 0.25) is 0 Å². The largest absolute Gasteiger partial charge is 0.480 e. The van der Waals surface area contributed by atoms with Crippen molar-refractivity contribution in [2.45, 2.75) is 19.4 Å². The molecule has 0 amide bonds. The summed E-state index contributed by atoms with van der Waals surface area (Å²) in [5, 5.41) is 17.9. The van der Waals surface area contributed by atoms with Gasteiger partial charge in [0.1, 0.15) is 23.5 Å². The zero-order valence-electron chi connectivity index (χ0n) is 12.1. The highest BCUT2D eigenvalue weighted by atomic mass is 35.5. The van der Waals surface area contributed by atoms with E-state index in [1.54, 1.807) is 13.0 Å². The Balaban J connectivity index is 2.76. The molecular formula is C16H12ClFN2O3. The molecule has 0 aliphatic carbocycles. The first-order chi connectivity index (χ1) is 10.9. The number of carbonyl (C=O) groups is 2. The molecular weight excluding hydrogens is 323 g/mol. The highest BCUT2D eigenvalue weighted by Gasteiger charge is 2.21. The Labute approximate surface area is 136 Å². The highest BCUT2D eigenvalue weighted by molar-refractivity contribution is 6.68. The van der Waals surface area contributed by atoms with Crippen molar-refractivity contribution in [3.05, 3.63) is 41.3 Å². The van der Waals surface area contributed by atoms with E-state index in [0.717, 1.165) is 0 Å². The lowest BCUT2D eigenvalue weighted by molar-refractivity contribution is -0.140. The number of carbonyl (C=O) groups excluding carboxylic acids is 1. The van der Waals surface area contributed by atoms with E-state index >= 15 is 0 Å². The standard InChI is InChI=1S/C16H12ClFN2O3/c1-2-13(16(22)23)20-8-10(5-9(7-19)15(17)21)12-4-3-11(18)6-14(12)20/h3-6,8,13H,2H2,1H3,(H,22,23)/b9-5+. The second kappa shape index (κ2) is 6.63. The number of nitrogens with zero attached hydrogens (tertiary/aromatic N) is 2. The predicted molar refractivity (Wildman–Crippen MR) is 83.3 cm³/mol. The zero-order valence-corrected chi connectivity index (χ0v) is 12.8. The fourth-order valence-corrected chi connectivity index (χ4v) is 2.50. The third-order valence-corrected chi connectivity index (χ3v) is 3.67. The fourth-order valence-electron chi connectivity index (χ4n) is 2.40. The quantitative estimate of drug-likeness (QED) is 0.515. The number of rotatable bonds is 5. The van der Waals surface area contributed by atoms with Gasteiger partial charge in [-0.1, -0.05) is 6.92 Å². The van der Waals surface area contributed by atoms with Crippen LogP contribution in [-0.2, 0) is 9.59 Å². The molecule has 0 bridgehead atoms. The maximum Gasteiger partial charge on any atom is 0.326 e. The van der Waals surface area contributed by atoms with Crippen LogP contribution >= 0.6 is 11.6 Å². The van der Waals surface area contributed by atoms with Crippen LogP contribution in [0.5, 0.6) is 0 Å². The van der Waals surface area contributed by atoms with Crippen LogP contribution in [-0.4, -0.2) is 20.9 Å². The van der Waals surface area contributed by atoms with Crippen LogP contribution in [0.25, 0.3) is 17.0 Å². The molecule has 0 saturated heterocycles. The van der Waals surface area contributed by atoms with Gasteiger partial charge in [-0.3, -0.25) is 4.79 Å². The van der Waals surface area contributed by atoms with Crippen LogP contribution in [0.1, 0.15) is 24.9 Å². The molecule has 0 saturated carbocycles. The summed E-state index contributed by atoms with van der Waals surface area (Å²) in [6.07, 6.45) is 3.03. The summed E-state index contributed by atoms with van der Waals surface area (Å²) in [6, 6.07) is 4.70. The fraction of sp³-hybridized carbons (Fsp3) is 0.188. The number of aromatic nitrogens is 1. The average Bonchev–Trinajstić information content (AvgIpc) is 2.82. The number of carboxylic acid groups (broad SMARTS) is 1. The van der Waals surface area contributed by atoms with Crippen LogP contribution < -0.4 is 0 Å². The number of allylic oxidation sites excluding steroid dienone is 1. The minimum atomic E-state index is -1.06. The first-order valence-corrected chi connectivity index (χ1v) is 7.11. The Bertz CT molecular complexity index is 864. The summed E-state index contributed by atoms with van der Waals surface area (Å²) in [4.78, 5) is 22.6. The number of nitriles is 1. The van der Waals surface area contributed by atoms with E-state index in [9.17, 15) is 19.1 Å². The van der Waals surface area contributed by atoms with Crippen molar-refractivity contribution in [1.29, 1.82) is 5.26 Å². The van der Waals surface area contributed by atoms with Crippen LogP contribution in [0.2, 0.25) is 0 Å². The van der Waals surface area contributed by atoms with Gasteiger partial charge in [0.05, 0.1) is 5.52 Å². The van der Waals surface area contributed by atoms with Gasteiger partial charge in [-0.2, -0.15) is 5.26 Å². The molecule has 1 N–H and O–H groups in total. The van der Waals surface area contributed by atoms with Crippen LogP contribution in [0.3, 0.4) is 0 Å². The van der Waals surface area contributed by atoms with Gasteiger partial charge < -0.3 is 9.67 Å². The minimum absolute atomic E-state index is 0.279. The molecule has 2 rings (SSSR count). The number of benzene rings is 1. The number of carboxylic acids is 1. The molecule has 0 fully saturated rings. The number of fused-ring (bicyclic) bond motifs is 1. The number of halogens is 2. The summed E-state index contributed by atoms with van der Waals surface area (Å²) in [7, 11) is 0. The molecule has 118 valence electrons. The molecule has 0 spiro atoms. The first-order valence-electron chi connectivity index (χ1n) is 6.73. The topological polar surface area (TPSA) is 83.1 Å². The van der Waals surface area contributed by atoms with E-state index in [2.05, 4.69) is 0 Å².